The number of nitrogens with zero attached hydrogens (tertiary/aromatic N) is 1. The third kappa shape index (κ3) is 3.58. The summed E-state index contributed by atoms with van der Waals surface area (Å²) < 4.78 is 37.2. The first-order valence-electron chi connectivity index (χ1n) is 8.73. The van der Waals surface area contributed by atoms with Crippen LogP contribution >= 0.6 is 0 Å². The molecule has 4 rings (SSSR count). The van der Waals surface area contributed by atoms with Crippen LogP contribution in [0.4, 0.5) is 11.4 Å². The van der Waals surface area contributed by atoms with Crippen molar-refractivity contribution in [3.63, 3.8) is 0 Å². The fourth-order valence-corrected chi connectivity index (χ4v) is 4.16. The smallest absolute Gasteiger partial charge is 0.229 e. The van der Waals surface area contributed by atoms with Gasteiger partial charge in [0.1, 0.15) is 13.2 Å². The lowest BCUT2D eigenvalue weighted by Gasteiger charge is -2.33. The standard InChI is InChI=1S/C19H22N2O4S/c1-26(22,23)20-16-5-2-6-17-15(16)4-3-9-21(17)13-14-7-8-18-19(12-14)25-11-10-24-18/h2,5-8,12,20H,3-4,9-11,13H2,1H3. The van der Waals surface area contributed by atoms with Crippen molar-refractivity contribution in [1.82, 2.24) is 0 Å². The second-order valence-electron chi connectivity index (χ2n) is 6.68. The highest BCUT2D eigenvalue weighted by Gasteiger charge is 2.21. The molecule has 2 heterocycles. The van der Waals surface area contributed by atoms with E-state index >= 15 is 0 Å². The SMILES string of the molecule is CS(=O)(=O)Nc1cccc2c1CCCN2Cc1ccc2c(c1)OCCO2. The highest BCUT2D eigenvalue weighted by atomic mass is 32.2. The van der Waals surface area contributed by atoms with Crippen LogP contribution in [0, 0.1) is 0 Å². The Morgan fingerprint density at radius 3 is 2.73 bits per heavy atom. The molecule has 0 atom stereocenters. The predicted octanol–water partition coefficient (Wildman–Crippen LogP) is 2.78. The van der Waals surface area contributed by atoms with E-state index in [4.69, 9.17) is 9.47 Å². The van der Waals surface area contributed by atoms with Crippen LogP contribution in [0.25, 0.3) is 0 Å². The predicted molar refractivity (Wildman–Crippen MR) is 102 cm³/mol. The number of hydrogen-bond donors (Lipinski definition) is 1. The van der Waals surface area contributed by atoms with Crippen molar-refractivity contribution in [2.24, 2.45) is 0 Å². The molecule has 2 aromatic carbocycles. The van der Waals surface area contributed by atoms with Crippen LogP contribution in [-0.4, -0.2) is 34.4 Å². The molecule has 0 saturated carbocycles. The average molecular weight is 374 g/mol. The van der Waals surface area contributed by atoms with E-state index in [0.717, 1.165) is 54.2 Å². The zero-order valence-electron chi connectivity index (χ0n) is 14.7. The Morgan fingerprint density at radius 1 is 1.12 bits per heavy atom. The van der Waals surface area contributed by atoms with Gasteiger partial charge in [-0.3, -0.25) is 4.72 Å². The maximum atomic E-state index is 11.6. The molecular formula is C19H22N2O4S. The van der Waals surface area contributed by atoms with E-state index in [2.05, 4.69) is 21.8 Å². The lowest BCUT2D eigenvalue weighted by Crippen LogP contribution is -2.29. The minimum atomic E-state index is -3.30. The monoisotopic (exact) mass is 374 g/mol. The van der Waals surface area contributed by atoms with Crippen molar-refractivity contribution in [2.75, 3.05) is 35.6 Å². The minimum Gasteiger partial charge on any atom is -0.486 e. The number of nitrogens with one attached hydrogen (secondary N) is 1. The molecule has 0 spiro atoms. The zero-order chi connectivity index (χ0) is 18.1. The Morgan fingerprint density at radius 2 is 1.92 bits per heavy atom. The molecule has 0 radical (unpaired) electrons. The lowest BCUT2D eigenvalue weighted by atomic mass is 9.99. The van der Waals surface area contributed by atoms with Crippen molar-refractivity contribution < 1.29 is 17.9 Å². The van der Waals surface area contributed by atoms with E-state index in [0.29, 0.717) is 18.9 Å². The van der Waals surface area contributed by atoms with Crippen molar-refractivity contribution in [3.05, 3.63) is 47.5 Å². The van der Waals surface area contributed by atoms with E-state index in [1.807, 2.05) is 24.3 Å². The van der Waals surface area contributed by atoms with Crippen molar-refractivity contribution in [1.29, 1.82) is 0 Å². The molecule has 0 aliphatic carbocycles. The van der Waals surface area contributed by atoms with Gasteiger partial charge in [0.25, 0.3) is 0 Å². The van der Waals surface area contributed by atoms with Crippen LogP contribution in [0.2, 0.25) is 0 Å². The third-order valence-electron chi connectivity index (χ3n) is 4.62. The Labute approximate surface area is 153 Å². The lowest BCUT2D eigenvalue weighted by molar-refractivity contribution is 0.171. The van der Waals surface area contributed by atoms with E-state index in [9.17, 15) is 8.42 Å². The van der Waals surface area contributed by atoms with Crippen LogP contribution in [0.1, 0.15) is 17.5 Å². The van der Waals surface area contributed by atoms with E-state index in [1.54, 1.807) is 0 Å². The number of benzene rings is 2. The molecule has 0 bridgehead atoms. The molecule has 7 heteroatoms. The average Bonchev–Trinajstić information content (AvgIpc) is 2.61. The molecule has 0 unspecified atom stereocenters. The topological polar surface area (TPSA) is 67.9 Å². The molecule has 1 N–H and O–H groups in total. The summed E-state index contributed by atoms with van der Waals surface area (Å²) in [5, 5.41) is 0. The van der Waals surface area contributed by atoms with Crippen LogP contribution in [0.3, 0.4) is 0 Å². The normalized spacial score (nSPS) is 16.1. The summed E-state index contributed by atoms with van der Waals surface area (Å²) >= 11 is 0. The van der Waals surface area contributed by atoms with Crippen molar-refractivity contribution in [3.8, 4) is 11.5 Å². The number of sulfonamides is 1. The largest absolute Gasteiger partial charge is 0.486 e. The molecule has 0 fully saturated rings. The third-order valence-corrected chi connectivity index (χ3v) is 5.21. The number of ether oxygens (including phenoxy) is 2. The molecule has 2 aromatic rings. The quantitative estimate of drug-likeness (QED) is 0.891. The van der Waals surface area contributed by atoms with Gasteiger partial charge in [0.2, 0.25) is 10.0 Å². The number of rotatable bonds is 4. The van der Waals surface area contributed by atoms with E-state index < -0.39 is 10.0 Å². The van der Waals surface area contributed by atoms with Crippen LogP contribution in [0.15, 0.2) is 36.4 Å². The fourth-order valence-electron chi connectivity index (χ4n) is 3.57. The molecule has 138 valence electrons. The van der Waals surface area contributed by atoms with Crippen LogP contribution in [0.5, 0.6) is 11.5 Å². The fraction of sp³-hybridized carbons (Fsp3) is 0.368. The molecule has 6 nitrogen and oxygen atoms in total. The van der Waals surface area contributed by atoms with Gasteiger partial charge in [0.05, 0.1) is 11.9 Å². The molecular weight excluding hydrogens is 352 g/mol. The van der Waals surface area contributed by atoms with Gasteiger partial charge in [-0.15, -0.1) is 0 Å². The van der Waals surface area contributed by atoms with Gasteiger partial charge in [-0.05, 0) is 48.2 Å². The van der Waals surface area contributed by atoms with Crippen molar-refractivity contribution in [2.45, 2.75) is 19.4 Å². The summed E-state index contributed by atoms with van der Waals surface area (Å²) in [6, 6.07) is 11.8. The Hall–Kier alpha value is -2.41. The summed E-state index contributed by atoms with van der Waals surface area (Å²) in [4.78, 5) is 2.29. The molecule has 2 aliphatic rings. The first-order valence-corrected chi connectivity index (χ1v) is 10.6. The highest BCUT2D eigenvalue weighted by molar-refractivity contribution is 7.92. The number of hydrogen-bond acceptors (Lipinski definition) is 5. The van der Waals surface area contributed by atoms with Gasteiger partial charge in [-0.2, -0.15) is 0 Å². The Balaban J connectivity index is 1.61. The minimum absolute atomic E-state index is 0.573. The van der Waals surface area contributed by atoms with E-state index in [1.165, 1.54) is 6.26 Å². The molecule has 0 aromatic heterocycles. The van der Waals surface area contributed by atoms with Crippen molar-refractivity contribution >= 4 is 21.4 Å². The molecule has 0 saturated heterocycles. The van der Waals surface area contributed by atoms with Crippen LogP contribution in [-0.2, 0) is 23.0 Å². The van der Waals surface area contributed by atoms with Gasteiger partial charge < -0.3 is 14.4 Å². The summed E-state index contributed by atoms with van der Waals surface area (Å²) in [7, 11) is -3.30. The first-order chi connectivity index (χ1) is 12.5. The summed E-state index contributed by atoms with van der Waals surface area (Å²) in [5.74, 6) is 1.58. The van der Waals surface area contributed by atoms with Gasteiger partial charge in [-0.1, -0.05) is 12.1 Å². The second kappa shape index (κ2) is 6.72. The number of fused-ring (bicyclic) bond motifs is 2. The maximum Gasteiger partial charge on any atom is 0.229 e. The summed E-state index contributed by atoms with van der Waals surface area (Å²) in [6.07, 6.45) is 3.04. The Kier molecular flexibility index (Phi) is 4.40. The molecule has 26 heavy (non-hydrogen) atoms. The zero-order valence-corrected chi connectivity index (χ0v) is 15.5. The van der Waals surface area contributed by atoms with Crippen LogP contribution < -0.4 is 19.1 Å². The van der Waals surface area contributed by atoms with Gasteiger partial charge >= 0.3 is 0 Å². The summed E-state index contributed by atoms with van der Waals surface area (Å²) in [5.41, 5.74) is 3.96. The number of anilines is 2. The molecule has 2 aliphatic heterocycles. The van der Waals surface area contributed by atoms with Gasteiger partial charge in [0.15, 0.2) is 11.5 Å². The Bertz CT molecular complexity index is 927. The summed E-state index contributed by atoms with van der Waals surface area (Å²) in [6.45, 7) is 2.83. The molecule has 0 amide bonds. The van der Waals surface area contributed by atoms with Gasteiger partial charge in [-0.25, -0.2) is 8.42 Å². The second-order valence-corrected chi connectivity index (χ2v) is 8.43. The first kappa shape index (κ1) is 17.0. The van der Waals surface area contributed by atoms with Gasteiger partial charge in [0, 0.05) is 18.8 Å². The maximum absolute atomic E-state index is 11.6. The van der Waals surface area contributed by atoms with E-state index in [-0.39, 0.29) is 0 Å². The highest BCUT2D eigenvalue weighted by Crippen LogP contribution is 2.36.